The molecule has 4 N–H and O–H groups in total. The Balaban J connectivity index is 1.80. The van der Waals surface area contributed by atoms with Crippen LogP contribution in [0, 0.1) is 5.92 Å². The second kappa shape index (κ2) is 11.6. The van der Waals surface area contributed by atoms with E-state index in [1.807, 2.05) is 19.9 Å². The quantitative estimate of drug-likeness (QED) is 0.451. The number of rotatable bonds is 10. The van der Waals surface area contributed by atoms with Gasteiger partial charge in [-0.1, -0.05) is 44.5 Å². The Morgan fingerprint density at radius 2 is 1.57 bits per heavy atom. The summed E-state index contributed by atoms with van der Waals surface area (Å²) in [5, 5.41) is 17.8. The molecule has 0 bridgehead atoms. The molecule has 2 aromatic rings. The highest BCUT2D eigenvalue weighted by Gasteiger charge is 2.25. The summed E-state index contributed by atoms with van der Waals surface area (Å²) in [5.74, 6) is -0.807. The van der Waals surface area contributed by atoms with E-state index in [2.05, 4.69) is 16.0 Å². The van der Waals surface area contributed by atoms with Crippen molar-refractivity contribution in [3.8, 4) is 5.75 Å². The highest BCUT2D eigenvalue weighted by molar-refractivity contribution is 5.97. The van der Waals surface area contributed by atoms with Crippen LogP contribution in [0.3, 0.4) is 0 Å². The normalized spacial score (nSPS) is 12.5. The number of carbonyl (C=O) groups excluding carboxylic acids is 3. The zero-order chi connectivity index (χ0) is 21.9. The molecule has 30 heavy (non-hydrogen) atoms. The summed E-state index contributed by atoms with van der Waals surface area (Å²) < 4.78 is 0. The largest absolute Gasteiger partial charge is 0.508 e. The molecule has 2 unspecified atom stereocenters. The fourth-order valence-electron chi connectivity index (χ4n) is 2.88. The van der Waals surface area contributed by atoms with E-state index in [-0.39, 0.29) is 29.4 Å². The molecule has 0 saturated heterocycles. The van der Waals surface area contributed by atoms with Crippen LogP contribution < -0.4 is 16.0 Å². The third kappa shape index (κ3) is 6.92. The average molecular weight is 412 g/mol. The van der Waals surface area contributed by atoms with Crippen LogP contribution in [-0.4, -0.2) is 42.0 Å². The van der Waals surface area contributed by atoms with Crippen molar-refractivity contribution >= 4 is 17.7 Å². The zero-order valence-corrected chi connectivity index (χ0v) is 17.4. The summed E-state index contributed by atoms with van der Waals surface area (Å²) >= 11 is 0. The molecule has 7 nitrogen and oxygen atoms in total. The molecular weight excluding hydrogens is 382 g/mol. The number of phenols is 1. The first-order valence-electron chi connectivity index (χ1n) is 10.1. The maximum Gasteiger partial charge on any atom is 0.251 e. The van der Waals surface area contributed by atoms with Crippen molar-refractivity contribution in [2.24, 2.45) is 5.92 Å². The second-order valence-electron chi connectivity index (χ2n) is 7.15. The number of amides is 3. The molecule has 0 aliphatic carbocycles. The van der Waals surface area contributed by atoms with Crippen molar-refractivity contribution in [3.63, 3.8) is 0 Å². The van der Waals surface area contributed by atoms with Gasteiger partial charge in [-0.15, -0.1) is 0 Å². The van der Waals surface area contributed by atoms with Gasteiger partial charge in [-0.2, -0.15) is 0 Å². The zero-order valence-electron chi connectivity index (χ0n) is 17.4. The van der Waals surface area contributed by atoms with Crippen molar-refractivity contribution in [2.75, 3.05) is 13.1 Å². The third-order valence-electron chi connectivity index (χ3n) is 4.86. The van der Waals surface area contributed by atoms with Crippen LogP contribution in [-0.2, 0) is 4.79 Å². The van der Waals surface area contributed by atoms with Gasteiger partial charge in [0.05, 0.1) is 0 Å². The molecule has 160 valence electrons. The maximum atomic E-state index is 12.6. The smallest absolute Gasteiger partial charge is 0.251 e. The Morgan fingerprint density at radius 1 is 0.900 bits per heavy atom. The van der Waals surface area contributed by atoms with Crippen LogP contribution in [0.1, 0.15) is 47.4 Å². The predicted octanol–water partition coefficient (Wildman–Crippen LogP) is 2.47. The van der Waals surface area contributed by atoms with Crippen LogP contribution in [0.15, 0.2) is 54.6 Å². The Bertz CT molecular complexity index is 855. The summed E-state index contributed by atoms with van der Waals surface area (Å²) in [7, 11) is 0. The van der Waals surface area contributed by atoms with Crippen molar-refractivity contribution in [3.05, 3.63) is 65.7 Å². The highest BCUT2D eigenvalue weighted by atomic mass is 16.3. The van der Waals surface area contributed by atoms with Gasteiger partial charge in [0.25, 0.3) is 11.8 Å². The summed E-state index contributed by atoms with van der Waals surface area (Å²) in [6.45, 7) is 4.63. The van der Waals surface area contributed by atoms with E-state index in [1.165, 1.54) is 12.1 Å². The lowest BCUT2D eigenvalue weighted by Crippen LogP contribution is -2.50. The third-order valence-corrected chi connectivity index (χ3v) is 4.86. The minimum atomic E-state index is -0.635. The minimum Gasteiger partial charge on any atom is -0.508 e. The monoisotopic (exact) mass is 411 g/mol. The predicted molar refractivity (Wildman–Crippen MR) is 115 cm³/mol. The van der Waals surface area contributed by atoms with Gasteiger partial charge in [0.15, 0.2) is 0 Å². The fraction of sp³-hybridized carbons (Fsp3) is 0.348. The van der Waals surface area contributed by atoms with Crippen LogP contribution in [0.5, 0.6) is 5.75 Å². The van der Waals surface area contributed by atoms with E-state index in [1.54, 1.807) is 36.4 Å². The van der Waals surface area contributed by atoms with Crippen molar-refractivity contribution in [1.29, 1.82) is 0 Å². The number of benzene rings is 2. The second-order valence-corrected chi connectivity index (χ2v) is 7.15. The molecule has 0 spiro atoms. The fourth-order valence-corrected chi connectivity index (χ4v) is 2.88. The average Bonchev–Trinajstić information content (AvgIpc) is 2.76. The van der Waals surface area contributed by atoms with E-state index >= 15 is 0 Å². The van der Waals surface area contributed by atoms with Gasteiger partial charge in [0, 0.05) is 24.2 Å². The van der Waals surface area contributed by atoms with E-state index in [0.29, 0.717) is 30.6 Å². The van der Waals surface area contributed by atoms with Gasteiger partial charge in [0.1, 0.15) is 11.8 Å². The molecule has 7 heteroatoms. The Labute approximate surface area is 176 Å². The van der Waals surface area contributed by atoms with Gasteiger partial charge < -0.3 is 21.1 Å². The first kappa shape index (κ1) is 22.9. The first-order valence-corrected chi connectivity index (χ1v) is 10.1. The van der Waals surface area contributed by atoms with Crippen molar-refractivity contribution in [2.45, 2.75) is 32.7 Å². The maximum absolute atomic E-state index is 12.6. The van der Waals surface area contributed by atoms with Crippen LogP contribution >= 0.6 is 0 Å². The molecule has 0 saturated carbocycles. The summed E-state index contributed by atoms with van der Waals surface area (Å²) in [6, 6.07) is 14.3. The molecule has 0 heterocycles. The standard InChI is InChI=1S/C23H29N3O4/c1-3-16(2)20(26-22(29)17-9-5-4-6-10-17)23(30)25-14-8-13-24-21(28)18-11-7-12-19(27)15-18/h4-7,9-12,15-16,20,27H,3,8,13-14H2,1-2H3,(H,24,28)(H,25,30)(H,26,29). The lowest BCUT2D eigenvalue weighted by atomic mass is 9.97. The number of carbonyl (C=O) groups is 3. The lowest BCUT2D eigenvalue weighted by molar-refractivity contribution is -0.124. The summed E-state index contributed by atoms with van der Waals surface area (Å²) in [5.41, 5.74) is 0.882. The molecule has 0 radical (unpaired) electrons. The highest BCUT2D eigenvalue weighted by Crippen LogP contribution is 2.11. The molecular formula is C23H29N3O4. The molecule has 0 aromatic heterocycles. The number of hydrogen-bond acceptors (Lipinski definition) is 4. The van der Waals surface area contributed by atoms with Crippen LogP contribution in [0.4, 0.5) is 0 Å². The van der Waals surface area contributed by atoms with Gasteiger partial charge in [0.2, 0.25) is 5.91 Å². The molecule has 0 aliphatic heterocycles. The number of aromatic hydroxyl groups is 1. The van der Waals surface area contributed by atoms with Crippen LogP contribution in [0.25, 0.3) is 0 Å². The SMILES string of the molecule is CCC(C)C(NC(=O)c1ccccc1)C(=O)NCCCNC(=O)c1cccc(O)c1. The summed E-state index contributed by atoms with van der Waals surface area (Å²) in [4.78, 5) is 37.1. The van der Waals surface area contributed by atoms with Crippen LogP contribution in [0.2, 0.25) is 0 Å². The van der Waals surface area contributed by atoms with Gasteiger partial charge in [-0.25, -0.2) is 0 Å². The minimum absolute atomic E-state index is 0.0249. The van der Waals surface area contributed by atoms with Crippen molar-refractivity contribution < 1.29 is 19.5 Å². The van der Waals surface area contributed by atoms with Crippen molar-refractivity contribution in [1.82, 2.24) is 16.0 Å². The lowest BCUT2D eigenvalue weighted by Gasteiger charge is -2.23. The first-order chi connectivity index (χ1) is 14.4. The van der Waals surface area contributed by atoms with Gasteiger partial charge >= 0.3 is 0 Å². The Kier molecular flexibility index (Phi) is 8.87. The molecule has 2 atom stereocenters. The van der Waals surface area contributed by atoms with Gasteiger partial charge in [-0.05, 0) is 42.7 Å². The van der Waals surface area contributed by atoms with E-state index < -0.39 is 6.04 Å². The molecule has 2 rings (SSSR count). The molecule has 0 fully saturated rings. The Morgan fingerprint density at radius 3 is 2.23 bits per heavy atom. The molecule has 0 aliphatic rings. The van der Waals surface area contributed by atoms with E-state index in [4.69, 9.17) is 0 Å². The molecule has 3 amide bonds. The topological polar surface area (TPSA) is 108 Å². The molecule has 2 aromatic carbocycles. The number of hydrogen-bond donors (Lipinski definition) is 4. The number of nitrogens with one attached hydrogen (secondary N) is 3. The Hall–Kier alpha value is -3.35. The summed E-state index contributed by atoms with van der Waals surface area (Å²) in [6.07, 6.45) is 1.28. The van der Waals surface area contributed by atoms with E-state index in [0.717, 1.165) is 6.42 Å². The van der Waals surface area contributed by atoms with E-state index in [9.17, 15) is 19.5 Å². The number of phenolic OH excluding ortho intramolecular Hbond substituents is 1. The van der Waals surface area contributed by atoms with Gasteiger partial charge in [-0.3, -0.25) is 14.4 Å².